The number of rotatable bonds is 3. The van der Waals surface area contributed by atoms with E-state index in [1.54, 1.807) is 21.0 Å². The Bertz CT molecular complexity index is 531. The first-order valence-electron chi connectivity index (χ1n) is 5.97. The molecule has 2 rings (SSSR count). The summed E-state index contributed by atoms with van der Waals surface area (Å²) in [5, 5.41) is 5.87. The van der Waals surface area contributed by atoms with Crippen molar-refractivity contribution in [3.8, 4) is 0 Å². The van der Waals surface area contributed by atoms with Crippen LogP contribution in [0.5, 0.6) is 0 Å². The van der Waals surface area contributed by atoms with E-state index in [4.69, 9.17) is 0 Å². The van der Waals surface area contributed by atoms with E-state index in [0.29, 0.717) is 0 Å². The van der Waals surface area contributed by atoms with E-state index in [1.807, 2.05) is 18.2 Å². The van der Waals surface area contributed by atoms with Gasteiger partial charge in [0, 0.05) is 29.8 Å². The highest BCUT2D eigenvalue weighted by molar-refractivity contribution is 9.10. The summed E-state index contributed by atoms with van der Waals surface area (Å²) in [5.41, 5.74) is 1.65. The molecule has 0 aromatic heterocycles. The molecule has 19 heavy (non-hydrogen) atoms. The molecule has 0 saturated heterocycles. The molecule has 1 heterocycles. The fourth-order valence-corrected chi connectivity index (χ4v) is 2.49. The summed E-state index contributed by atoms with van der Waals surface area (Å²) in [4.78, 5) is 25.3. The molecular formula is C13H16BrN3O2. The second-order valence-electron chi connectivity index (χ2n) is 4.77. The van der Waals surface area contributed by atoms with Crippen LogP contribution in [0.2, 0.25) is 0 Å². The summed E-state index contributed by atoms with van der Waals surface area (Å²) in [6.45, 7) is 1.76. The van der Waals surface area contributed by atoms with Gasteiger partial charge in [-0.15, -0.1) is 0 Å². The SMILES string of the molecule is CC(NC1C(=O)Nc2ccc(Br)cc21)C(=O)N(C)C. The predicted octanol–water partition coefficient (Wildman–Crippen LogP) is 1.51. The van der Waals surface area contributed by atoms with E-state index >= 15 is 0 Å². The van der Waals surface area contributed by atoms with Crippen LogP contribution in [0.4, 0.5) is 5.69 Å². The summed E-state index contributed by atoms with van der Waals surface area (Å²) < 4.78 is 0.904. The predicted molar refractivity (Wildman–Crippen MR) is 76.8 cm³/mol. The molecule has 1 aromatic rings. The number of hydrogen-bond donors (Lipinski definition) is 2. The molecule has 1 aromatic carbocycles. The number of halogens is 1. The zero-order chi connectivity index (χ0) is 14.2. The summed E-state index contributed by atoms with van der Waals surface area (Å²) in [6.07, 6.45) is 0. The number of nitrogens with zero attached hydrogens (tertiary/aromatic N) is 1. The van der Waals surface area contributed by atoms with Crippen LogP contribution in [0.15, 0.2) is 22.7 Å². The van der Waals surface area contributed by atoms with Crippen LogP contribution in [-0.2, 0) is 9.59 Å². The number of likely N-dealkylation sites (N-methyl/N-ethyl adjacent to an activating group) is 1. The van der Waals surface area contributed by atoms with Gasteiger partial charge in [-0.1, -0.05) is 15.9 Å². The first-order valence-corrected chi connectivity index (χ1v) is 6.77. The van der Waals surface area contributed by atoms with Crippen molar-refractivity contribution < 1.29 is 9.59 Å². The molecule has 5 nitrogen and oxygen atoms in total. The monoisotopic (exact) mass is 325 g/mol. The van der Waals surface area contributed by atoms with Crippen molar-refractivity contribution in [3.05, 3.63) is 28.2 Å². The highest BCUT2D eigenvalue weighted by atomic mass is 79.9. The quantitative estimate of drug-likeness (QED) is 0.885. The maximum Gasteiger partial charge on any atom is 0.246 e. The number of amides is 2. The van der Waals surface area contributed by atoms with Gasteiger partial charge in [-0.3, -0.25) is 14.9 Å². The van der Waals surface area contributed by atoms with Crippen molar-refractivity contribution in [2.24, 2.45) is 0 Å². The van der Waals surface area contributed by atoms with E-state index in [1.165, 1.54) is 4.90 Å². The van der Waals surface area contributed by atoms with Crippen LogP contribution in [0.1, 0.15) is 18.5 Å². The Balaban J connectivity index is 2.20. The lowest BCUT2D eigenvalue weighted by atomic mass is 10.1. The van der Waals surface area contributed by atoms with Crippen molar-refractivity contribution in [3.63, 3.8) is 0 Å². The molecule has 6 heteroatoms. The van der Waals surface area contributed by atoms with Crippen LogP contribution < -0.4 is 10.6 Å². The van der Waals surface area contributed by atoms with Gasteiger partial charge in [0.2, 0.25) is 11.8 Å². The largest absolute Gasteiger partial charge is 0.347 e. The second kappa shape index (κ2) is 5.30. The zero-order valence-corrected chi connectivity index (χ0v) is 12.6. The molecule has 0 aliphatic carbocycles. The van der Waals surface area contributed by atoms with E-state index < -0.39 is 12.1 Å². The van der Waals surface area contributed by atoms with Crippen LogP contribution in [0.3, 0.4) is 0 Å². The third-order valence-electron chi connectivity index (χ3n) is 3.07. The summed E-state index contributed by atoms with van der Waals surface area (Å²) >= 11 is 3.39. The van der Waals surface area contributed by atoms with Crippen molar-refractivity contribution >= 4 is 33.4 Å². The minimum Gasteiger partial charge on any atom is -0.347 e. The average Bonchev–Trinajstić information content (AvgIpc) is 2.65. The Hall–Kier alpha value is -1.40. The number of hydrogen-bond acceptors (Lipinski definition) is 3. The van der Waals surface area contributed by atoms with Gasteiger partial charge in [-0.05, 0) is 25.1 Å². The van der Waals surface area contributed by atoms with Crippen molar-refractivity contribution in [1.29, 1.82) is 0 Å². The fourth-order valence-electron chi connectivity index (χ4n) is 2.11. The lowest BCUT2D eigenvalue weighted by Gasteiger charge is -2.21. The number of fused-ring (bicyclic) bond motifs is 1. The van der Waals surface area contributed by atoms with E-state index in [0.717, 1.165) is 15.7 Å². The van der Waals surface area contributed by atoms with Gasteiger partial charge >= 0.3 is 0 Å². The van der Waals surface area contributed by atoms with Gasteiger partial charge in [0.05, 0.1) is 6.04 Å². The maximum atomic E-state index is 12.0. The summed E-state index contributed by atoms with van der Waals surface area (Å²) in [7, 11) is 3.39. The smallest absolute Gasteiger partial charge is 0.246 e. The molecule has 2 unspecified atom stereocenters. The van der Waals surface area contributed by atoms with Crippen molar-refractivity contribution in [2.75, 3.05) is 19.4 Å². The molecular weight excluding hydrogens is 310 g/mol. The number of carbonyl (C=O) groups excluding carboxylic acids is 2. The number of benzene rings is 1. The number of anilines is 1. The lowest BCUT2D eigenvalue weighted by Crippen LogP contribution is -2.44. The first kappa shape index (κ1) is 14.0. The number of carbonyl (C=O) groups is 2. The topological polar surface area (TPSA) is 61.4 Å². The zero-order valence-electron chi connectivity index (χ0n) is 11.0. The molecule has 102 valence electrons. The standard InChI is InChI=1S/C13H16BrN3O2/c1-7(13(19)17(2)3)15-11-9-6-8(14)4-5-10(9)16-12(11)18/h4-7,11,15H,1-3H3,(H,16,18). The van der Waals surface area contributed by atoms with Crippen LogP contribution in [0, 0.1) is 0 Å². The van der Waals surface area contributed by atoms with E-state index in [-0.39, 0.29) is 11.8 Å². The normalized spacial score (nSPS) is 18.7. The third-order valence-corrected chi connectivity index (χ3v) is 3.57. The highest BCUT2D eigenvalue weighted by Crippen LogP contribution is 2.33. The molecule has 0 fully saturated rings. The Morgan fingerprint density at radius 1 is 1.47 bits per heavy atom. The van der Waals surface area contributed by atoms with Crippen molar-refractivity contribution in [1.82, 2.24) is 10.2 Å². The summed E-state index contributed by atoms with van der Waals surface area (Å²) in [5.74, 6) is -0.192. The highest BCUT2D eigenvalue weighted by Gasteiger charge is 2.33. The van der Waals surface area contributed by atoms with Gasteiger partial charge < -0.3 is 10.2 Å². The first-order chi connectivity index (χ1) is 8.90. The van der Waals surface area contributed by atoms with Crippen LogP contribution in [0.25, 0.3) is 0 Å². The molecule has 0 saturated carbocycles. The Morgan fingerprint density at radius 2 is 2.16 bits per heavy atom. The minimum absolute atomic E-state index is 0.0590. The number of nitrogens with one attached hydrogen (secondary N) is 2. The molecule has 2 atom stereocenters. The van der Waals surface area contributed by atoms with E-state index in [2.05, 4.69) is 26.6 Å². The summed E-state index contributed by atoms with van der Waals surface area (Å²) in [6, 6.07) is 4.69. The molecule has 2 amide bonds. The maximum absolute atomic E-state index is 12.0. The van der Waals surface area contributed by atoms with E-state index in [9.17, 15) is 9.59 Å². The van der Waals surface area contributed by atoms with Gasteiger partial charge in [0.15, 0.2) is 0 Å². The van der Waals surface area contributed by atoms with Gasteiger partial charge in [0.1, 0.15) is 6.04 Å². The van der Waals surface area contributed by atoms with Gasteiger partial charge in [-0.2, -0.15) is 0 Å². The lowest BCUT2D eigenvalue weighted by molar-refractivity contribution is -0.131. The van der Waals surface area contributed by atoms with Crippen molar-refractivity contribution in [2.45, 2.75) is 19.0 Å². The molecule has 1 aliphatic heterocycles. The van der Waals surface area contributed by atoms with Crippen LogP contribution in [-0.4, -0.2) is 36.9 Å². The third kappa shape index (κ3) is 2.79. The molecule has 1 aliphatic rings. The second-order valence-corrected chi connectivity index (χ2v) is 5.69. The molecule has 0 spiro atoms. The molecule has 2 N–H and O–H groups in total. The van der Waals surface area contributed by atoms with Gasteiger partial charge in [0.25, 0.3) is 0 Å². The Kier molecular flexibility index (Phi) is 3.91. The fraction of sp³-hybridized carbons (Fsp3) is 0.385. The minimum atomic E-state index is -0.494. The molecule has 0 bridgehead atoms. The van der Waals surface area contributed by atoms with Crippen LogP contribution >= 0.6 is 15.9 Å². The Morgan fingerprint density at radius 3 is 2.79 bits per heavy atom. The average molecular weight is 326 g/mol. The Labute approximate surface area is 120 Å². The molecule has 0 radical (unpaired) electrons. The van der Waals surface area contributed by atoms with Gasteiger partial charge in [-0.25, -0.2) is 0 Å².